The Morgan fingerprint density at radius 3 is 2.81 bits per heavy atom. The molecule has 110 valence electrons. The van der Waals surface area contributed by atoms with Crippen LogP contribution in [0, 0.1) is 17.0 Å². The van der Waals surface area contributed by atoms with E-state index in [1.54, 1.807) is 6.92 Å². The van der Waals surface area contributed by atoms with E-state index in [1.165, 1.54) is 0 Å². The van der Waals surface area contributed by atoms with Crippen molar-refractivity contribution >= 4 is 28.9 Å². The molecule has 0 aliphatic carbocycles. The lowest BCUT2D eigenvalue weighted by molar-refractivity contribution is -0.384. The fourth-order valence-corrected chi connectivity index (χ4v) is 1.90. The van der Waals surface area contributed by atoms with Crippen molar-refractivity contribution in [3.05, 3.63) is 44.5 Å². The maximum atomic E-state index is 11.2. The van der Waals surface area contributed by atoms with Gasteiger partial charge < -0.3 is 14.9 Å². The average molecular weight is 313 g/mol. The second-order valence-electron chi connectivity index (χ2n) is 4.00. The first kappa shape index (κ1) is 14.7. The summed E-state index contributed by atoms with van der Waals surface area (Å²) in [6.07, 6.45) is 0. The van der Waals surface area contributed by atoms with E-state index in [0.29, 0.717) is 5.82 Å². The molecule has 2 N–H and O–H groups in total. The third kappa shape index (κ3) is 3.26. The van der Waals surface area contributed by atoms with Crippen molar-refractivity contribution in [3.63, 3.8) is 0 Å². The zero-order valence-corrected chi connectivity index (χ0v) is 11.4. The van der Waals surface area contributed by atoms with Crippen LogP contribution in [0.25, 0.3) is 0 Å². The van der Waals surface area contributed by atoms with E-state index in [1.807, 2.05) is 0 Å². The number of aromatic carboxylic acids is 1. The van der Waals surface area contributed by atoms with Gasteiger partial charge in [0.1, 0.15) is 0 Å². The number of nitro benzene ring substituents is 1. The quantitative estimate of drug-likeness (QED) is 0.634. The van der Waals surface area contributed by atoms with Crippen LogP contribution in [0.1, 0.15) is 22.1 Å². The van der Waals surface area contributed by atoms with Crippen molar-refractivity contribution < 1.29 is 19.3 Å². The van der Waals surface area contributed by atoms with Gasteiger partial charge in [0.25, 0.3) is 5.69 Å². The third-order valence-electron chi connectivity index (χ3n) is 2.50. The number of anilines is 1. The van der Waals surface area contributed by atoms with E-state index in [9.17, 15) is 14.9 Å². The van der Waals surface area contributed by atoms with Gasteiger partial charge in [-0.2, -0.15) is 4.98 Å². The van der Waals surface area contributed by atoms with Gasteiger partial charge in [0.2, 0.25) is 5.89 Å². The third-order valence-corrected chi connectivity index (χ3v) is 2.80. The van der Waals surface area contributed by atoms with Crippen LogP contribution in [-0.4, -0.2) is 26.1 Å². The number of nitro groups is 1. The lowest BCUT2D eigenvalue weighted by Crippen LogP contribution is -2.08. The van der Waals surface area contributed by atoms with Crippen molar-refractivity contribution in [2.75, 3.05) is 5.32 Å². The van der Waals surface area contributed by atoms with Crippen molar-refractivity contribution in [2.24, 2.45) is 0 Å². The number of hydrogen-bond donors (Lipinski definition) is 2. The number of benzene rings is 1. The Labute approximate surface area is 122 Å². The second kappa shape index (κ2) is 5.75. The van der Waals surface area contributed by atoms with Gasteiger partial charge >= 0.3 is 5.97 Å². The molecule has 0 saturated carbocycles. The van der Waals surface area contributed by atoms with Crippen molar-refractivity contribution in [1.82, 2.24) is 10.1 Å². The maximum Gasteiger partial charge on any atom is 0.338 e. The normalized spacial score (nSPS) is 10.4. The number of nitrogens with zero attached hydrogens (tertiary/aromatic N) is 3. The molecule has 0 aliphatic heterocycles. The lowest BCUT2D eigenvalue weighted by atomic mass is 10.1. The van der Waals surface area contributed by atoms with Crippen molar-refractivity contribution in [2.45, 2.75) is 13.5 Å². The van der Waals surface area contributed by atoms with Crippen LogP contribution in [0.3, 0.4) is 0 Å². The maximum absolute atomic E-state index is 11.2. The topological polar surface area (TPSA) is 131 Å². The Hall–Kier alpha value is -2.68. The van der Waals surface area contributed by atoms with Crippen molar-refractivity contribution in [1.29, 1.82) is 0 Å². The summed E-state index contributed by atoms with van der Waals surface area (Å²) in [5, 5.41) is 26.1. The molecule has 1 aromatic heterocycles. The molecule has 2 rings (SSSR count). The van der Waals surface area contributed by atoms with Crippen LogP contribution < -0.4 is 5.32 Å². The smallest absolute Gasteiger partial charge is 0.338 e. The molecule has 9 nitrogen and oxygen atoms in total. The fraction of sp³-hybridized carbons (Fsp3) is 0.182. The number of aromatic nitrogens is 2. The minimum Gasteiger partial charge on any atom is -0.478 e. The predicted octanol–water partition coefficient (Wildman–Crippen LogP) is 2.25. The minimum atomic E-state index is -1.34. The number of nitrogens with one attached hydrogen (secondary N) is 1. The molecule has 0 fully saturated rings. The van der Waals surface area contributed by atoms with E-state index in [4.69, 9.17) is 21.2 Å². The molecule has 2 aromatic rings. The summed E-state index contributed by atoms with van der Waals surface area (Å²) in [6.45, 7) is 1.67. The van der Waals surface area contributed by atoms with E-state index in [0.717, 1.165) is 12.1 Å². The number of halogens is 1. The van der Waals surface area contributed by atoms with Gasteiger partial charge in [-0.1, -0.05) is 16.8 Å². The summed E-state index contributed by atoms with van der Waals surface area (Å²) in [6, 6.07) is 1.99. The first-order valence-corrected chi connectivity index (χ1v) is 6.00. The molecule has 0 unspecified atom stereocenters. The molecular weight excluding hydrogens is 304 g/mol. The lowest BCUT2D eigenvalue weighted by Gasteiger charge is -2.09. The number of carboxylic acids is 1. The molecular formula is C11H9ClN4O5. The highest BCUT2D eigenvalue weighted by Crippen LogP contribution is 2.31. The molecule has 0 atom stereocenters. The van der Waals surface area contributed by atoms with Crippen LogP contribution in [0.4, 0.5) is 11.4 Å². The summed E-state index contributed by atoms with van der Waals surface area (Å²) in [4.78, 5) is 25.1. The number of hydrogen-bond acceptors (Lipinski definition) is 7. The number of carboxylic acid groups (broad SMARTS) is 1. The van der Waals surface area contributed by atoms with Gasteiger partial charge in [-0.15, -0.1) is 0 Å². The molecule has 1 aromatic carbocycles. The van der Waals surface area contributed by atoms with Gasteiger partial charge in [0.15, 0.2) is 5.82 Å². The zero-order valence-electron chi connectivity index (χ0n) is 10.7. The average Bonchev–Trinajstić information content (AvgIpc) is 2.82. The van der Waals surface area contributed by atoms with E-state index >= 15 is 0 Å². The Balaban J connectivity index is 2.33. The highest BCUT2D eigenvalue weighted by Gasteiger charge is 2.20. The molecule has 0 aliphatic rings. The van der Waals surface area contributed by atoms with Gasteiger partial charge in [-0.05, 0) is 6.92 Å². The molecule has 0 radical (unpaired) electrons. The fourth-order valence-electron chi connectivity index (χ4n) is 1.62. The Morgan fingerprint density at radius 1 is 1.57 bits per heavy atom. The van der Waals surface area contributed by atoms with Crippen LogP contribution >= 0.6 is 11.6 Å². The van der Waals surface area contributed by atoms with Gasteiger partial charge in [-0.3, -0.25) is 10.1 Å². The molecule has 0 spiro atoms. The summed E-state index contributed by atoms with van der Waals surface area (Å²) in [5.74, 6) is -0.678. The number of aryl methyl sites for hydroxylation is 1. The molecule has 0 saturated heterocycles. The van der Waals surface area contributed by atoms with Gasteiger partial charge in [0.05, 0.1) is 27.7 Å². The number of rotatable bonds is 5. The first-order valence-electron chi connectivity index (χ1n) is 5.62. The number of carbonyl (C=O) groups is 1. The standard InChI is InChI=1S/C11H9ClN4O5/c1-5-14-9(21-15-5)4-13-10-7(11(17)18)2-6(16(19)20)3-8(10)12/h2-3,13H,4H2,1H3,(H,17,18). The largest absolute Gasteiger partial charge is 0.478 e. The van der Waals surface area contributed by atoms with Crippen LogP contribution in [0.15, 0.2) is 16.7 Å². The van der Waals surface area contributed by atoms with E-state index < -0.39 is 16.6 Å². The minimum absolute atomic E-state index is 0.0403. The zero-order chi connectivity index (χ0) is 15.6. The monoisotopic (exact) mass is 312 g/mol. The van der Waals surface area contributed by atoms with Crippen LogP contribution in [0.5, 0.6) is 0 Å². The number of non-ortho nitro benzene ring substituents is 1. The summed E-state index contributed by atoms with van der Waals surface area (Å²) in [7, 11) is 0. The Bertz CT molecular complexity index is 715. The molecule has 10 heteroatoms. The molecule has 0 bridgehead atoms. The molecule has 0 amide bonds. The highest BCUT2D eigenvalue weighted by atomic mass is 35.5. The first-order chi connectivity index (χ1) is 9.88. The highest BCUT2D eigenvalue weighted by molar-refractivity contribution is 6.34. The van der Waals surface area contributed by atoms with E-state index in [-0.39, 0.29) is 28.7 Å². The van der Waals surface area contributed by atoms with Gasteiger partial charge in [0, 0.05) is 12.1 Å². The van der Waals surface area contributed by atoms with Crippen molar-refractivity contribution in [3.8, 4) is 0 Å². The summed E-state index contributed by atoms with van der Waals surface area (Å²) in [5.41, 5.74) is -0.673. The van der Waals surface area contributed by atoms with Gasteiger partial charge in [-0.25, -0.2) is 4.79 Å². The van der Waals surface area contributed by atoms with Crippen LogP contribution in [-0.2, 0) is 6.54 Å². The Kier molecular flexibility index (Phi) is 4.03. The molecule has 1 heterocycles. The van der Waals surface area contributed by atoms with Crippen LogP contribution in [0.2, 0.25) is 5.02 Å². The summed E-state index contributed by atoms with van der Waals surface area (Å²) < 4.78 is 4.87. The Morgan fingerprint density at radius 2 is 2.29 bits per heavy atom. The SMILES string of the molecule is Cc1noc(CNc2c(Cl)cc([N+](=O)[O-])cc2C(=O)O)n1. The second-order valence-corrected chi connectivity index (χ2v) is 4.41. The summed E-state index contributed by atoms with van der Waals surface area (Å²) >= 11 is 5.90. The molecule has 21 heavy (non-hydrogen) atoms. The predicted molar refractivity (Wildman–Crippen MR) is 71.4 cm³/mol. The van der Waals surface area contributed by atoms with E-state index in [2.05, 4.69) is 15.5 Å².